The van der Waals surface area contributed by atoms with Crippen LogP contribution in [0.2, 0.25) is 0 Å². The van der Waals surface area contributed by atoms with Gasteiger partial charge in [0.15, 0.2) is 0 Å². The number of anilines is 1. The molecule has 0 fully saturated rings. The molecule has 0 unspecified atom stereocenters. The first-order valence-corrected chi connectivity index (χ1v) is 9.77. The Labute approximate surface area is 170 Å². The van der Waals surface area contributed by atoms with Crippen LogP contribution in [0.4, 0.5) is 5.69 Å². The van der Waals surface area contributed by atoms with E-state index in [9.17, 15) is 0 Å². The van der Waals surface area contributed by atoms with Crippen LogP contribution in [-0.4, -0.2) is 13.1 Å². The molecule has 3 nitrogen and oxygen atoms in total. The van der Waals surface area contributed by atoms with E-state index in [1.807, 2.05) is 6.92 Å². The number of allylic oxidation sites excluding steroid dienone is 3. The normalized spacial score (nSPS) is 11.2. The first kappa shape index (κ1) is 21.5. The minimum absolute atomic E-state index is 0.695. The number of nitrogens with two attached hydrogens (primary N) is 1. The monoisotopic (exact) mass is 375 g/mol. The number of aryl methyl sites for hydroxylation is 3. The van der Waals surface area contributed by atoms with Crippen molar-refractivity contribution < 1.29 is 0 Å². The molecule has 0 bridgehead atoms. The van der Waals surface area contributed by atoms with E-state index < -0.39 is 0 Å². The Morgan fingerprint density at radius 3 is 2.36 bits per heavy atom. The van der Waals surface area contributed by atoms with Gasteiger partial charge in [-0.3, -0.25) is 0 Å². The van der Waals surface area contributed by atoms with Crippen LogP contribution in [0.15, 0.2) is 61.3 Å². The van der Waals surface area contributed by atoms with E-state index in [1.165, 1.54) is 16.7 Å². The molecule has 2 aromatic rings. The molecule has 0 saturated carbocycles. The van der Waals surface area contributed by atoms with Crippen LogP contribution in [-0.2, 0) is 0 Å². The molecule has 0 heterocycles. The Balaban J connectivity index is 2.34. The second kappa shape index (κ2) is 9.95. The molecule has 0 amide bonds. The van der Waals surface area contributed by atoms with E-state index in [2.05, 4.69) is 87.0 Å². The minimum Gasteiger partial charge on any atom is -0.385 e. The smallest absolute Gasteiger partial charge is 0.0463 e. The highest BCUT2D eigenvalue weighted by Crippen LogP contribution is 2.26. The first-order valence-electron chi connectivity index (χ1n) is 9.77. The second-order valence-corrected chi connectivity index (χ2v) is 7.39. The number of benzene rings is 2. The van der Waals surface area contributed by atoms with Crippen molar-refractivity contribution in [1.82, 2.24) is 5.32 Å². The molecule has 0 atom stereocenters. The Morgan fingerprint density at radius 2 is 1.75 bits per heavy atom. The topological polar surface area (TPSA) is 50.1 Å². The van der Waals surface area contributed by atoms with Gasteiger partial charge in [0, 0.05) is 29.2 Å². The maximum Gasteiger partial charge on any atom is 0.0463 e. The minimum atomic E-state index is 0.695. The Kier molecular flexibility index (Phi) is 7.65. The zero-order valence-electron chi connectivity index (χ0n) is 17.7. The molecule has 4 N–H and O–H groups in total. The molecule has 0 aliphatic rings. The Bertz CT molecular complexity index is 891. The largest absolute Gasteiger partial charge is 0.385 e. The summed E-state index contributed by atoms with van der Waals surface area (Å²) >= 11 is 0. The zero-order chi connectivity index (χ0) is 20.7. The third-order valence-corrected chi connectivity index (χ3v) is 4.77. The summed E-state index contributed by atoms with van der Waals surface area (Å²) in [6, 6.07) is 12.9. The molecule has 0 saturated heterocycles. The fraction of sp³-hybridized carbons (Fsp3) is 0.280. The Hall–Kier alpha value is -2.78. The van der Waals surface area contributed by atoms with E-state index in [4.69, 9.17) is 5.73 Å². The van der Waals surface area contributed by atoms with Gasteiger partial charge >= 0.3 is 0 Å². The van der Waals surface area contributed by atoms with Crippen LogP contribution >= 0.6 is 0 Å². The SMILES string of the molecule is C=C(C)N/C(=C\C(=C)c1ccc(C)c(C)c1)c1ccc(NCCCN)cc1C. The number of hydrogen-bond acceptors (Lipinski definition) is 3. The predicted molar refractivity (Wildman–Crippen MR) is 124 cm³/mol. The molecule has 0 spiro atoms. The van der Waals surface area contributed by atoms with Crippen molar-refractivity contribution in [2.45, 2.75) is 34.1 Å². The van der Waals surface area contributed by atoms with E-state index in [0.29, 0.717) is 6.54 Å². The molecule has 2 rings (SSSR count). The summed E-state index contributed by atoms with van der Waals surface area (Å²) in [4.78, 5) is 0. The molecular formula is C25H33N3. The summed E-state index contributed by atoms with van der Waals surface area (Å²) < 4.78 is 0. The highest BCUT2D eigenvalue weighted by molar-refractivity contribution is 5.84. The lowest BCUT2D eigenvalue weighted by Gasteiger charge is -2.16. The maximum atomic E-state index is 5.57. The van der Waals surface area contributed by atoms with Gasteiger partial charge in [0.25, 0.3) is 0 Å². The van der Waals surface area contributed by atoms with Gasteiger partial charge in [-0.1, -0.05) is 37.4 Å². The van der Waals surface area contributed by atoms with Gasteiger partial charge in [-0.05, 0) is 86.7 Å². The lowest BCUT2D eigenvalue weighted by atomic mass is 9.98. The summed E-state index contributed by atoms with van der Waals surface area (Å²) in [6.07, 6.45) is 3.06. The third-order valence-electron chi connectivity index (χ3n) is 4.77. The molecular weight excluding hydrogens is 342 g/mol. The number of hydrogen-bond donors (Lipinski definition) is 3. The van der Waals surface area contributed by atoms with E-state index >= 15 is 0 Å². The van der Waals surface area contributed by atoms with Crippen LogP contribution in [0.3, 0.4) is 0 Å². The fourth-order valence-electron chi connectivity index (χ4n) is 3.02. The lowest BCUT2D eigenvalue weighted by molar-refractivity contribution is 0.874. The fourth-order valence-corrected chi connectivity index (χ4v) is 3.02. The highest BCUT2D eigenvalue weighted by atomic mass is 14.9. The molecule has 0 aliphatic heterocycles. The van der Waals surface area contributed by atoms with Crippen molar-refractivity contribution in [1.29, 1.82) is 0 Å². The van der Waals surface area contributed by atoms with Crippen LogP contribution < -0.4 is 16.4 Å². The predicted octanol–water partition coefficient (Wildman–Crippen LogP) is 5.55. The van der Waals surface area contributed by atoms with Crippen LogP contribution in [0, 0.1) is 20.8 Å². The molecule has 28 heavy (non-hydrogen) atoms. The molecule has 2 aromatic carbocycles. The van der Waals surface area contributed by atoms with Gasteiger partial charge in [-0.25, -0.2) is 0 Å². The standard InChI is InChI=1S/C25H33N3/c1-17(2)28-25(16-20(5)22-9-8-18(3)19(4)14-22)24-11-10-23(15-21(24)6)27-13-7-12-26/h8-11,14-16,27-28H,1,5,7,12-13,26H2,2-4,6H3/b25-16-. The van der Waals surface area contributed by atoms with Crippen molar-refractivity contribution in [3.63, 3.8) is 0 Å². The van der Waals surface area contributed by atoms with Crippen molar-refractivity contribution >= 4 is 17.0 Å². The highest BCUT2D eigenvalue weighted by Gasteiger charge is 2.08. The summed E-state index contributed by atoms with van der Waals surface area (Å²) in [5.41, 5.74) is 15.5. The van der Waals surface area contributed by atoms with Gasteiger partial charge in [0.05, 0.1) is 0 Å². The number of nitrogens with one attached hydrogen (secondary N) is 2. The van der Waals surface area contributed by atoms with Crippen LogP contribution in [0.25, 0.3) is 11.3 Å². The molecule has 3 heteroatoms. The molecule has 0 radical (unpaired) electrons. The first-order chi connectivity index (χ1) is 13.3. The van der Waals surface area contributed by atoms with Crippen molar-refractivity contribution in [3.8, 4) is 0 Å². The van der Waals surface area contributed by atoms with Crippen LogP contribution in [0.1, 0.15) is 41.2 Å². The van der Waals surface area contributed by atoms with Gasteiger partial charge in [-0.15, -0.1) is 0 Å². The average molecular weight is 376 g/mol. The van der Waals surface area contributed by atoms with Gasteiger partial charge in [0.2, 0.25) is 0 Å². The summed E-state index contributed by atoms with van der Waals surface area (Å²) in [5.74, 6) is 0. The van der Waals surface area contributed by atoms with Crippen molar-refractivity contribution in [3.05, 3.63) is 89.1 Å². The van der Waals surface area contributed by atoms with Crippen molar-refractivity contribution in [2.75, 3.05) is 18.4 Å². The van der Waals surface area contributed by atoms with E-state index in [-0.39, 0.29) is 0 Å². The summed E-state index contributed by atoms with van der Waals surface area (Å²) in [5, 5.41) is 6.82. The van der Waals surface area contributed by atoms with Gasteiger partial charge < -0.3 is 16.4 Å². The third kappa shape index (κ3) is 5.86. The molecule has 0 aromatic heterocycles. The lowest BCUT2D eigenvalue weighted by Crippen LogP contribution is -2.11. The zero-order valence-corrected chi connectivity index (χ0v) is 17.7. The quantitative estimate of drug-likeness (QED) is 0.398. The average Bonchev–Trinajstić information content (AvgIpc) is 2.63. The summed E-state index contributed by atoms with van der Waals surface area (Å²) in [7, 11) is 0. The molecule has 148 valence electrons. The Morgan fingerprint density at radius 1 is 1.00 bits per heavy atom. The van der Waals surface area contributed by atoms with E-state index in [0.717, 1.165) is 46.7 Å². The van der Waals surface area contributed by atoms with Crippen molar-refractivity contribution in [2.24, 2.45) is 5.73 Å². The van der Waals surface area contributed by atoms with E-state index in [1.54, 1.807) is 0 Å². The van der Waals surface area contributed by atoms with Gasteiger partial charge in [0.1, 0.15) is 0 Å². The number of rotatable bonds is 9. The summed E-state index contributed by atoms with van der Waals surface area (Å²) in [6.45, 7) is 18.2. The molecule has 0 aliphatic carbocycles. The second-order valence-electron chi connectivity index (χ2n) is 7.39. The maximum absolute atomic E-state index is 5.57. The van der Waals surface area contributed by atoms with Crippen LogP contribution in [0.5, 0.6) is 0 Å². The van der Waals surface area contributed by atoms with Gasteiger partial charge in [-0.2, -0.15) is 0 Å².